The number of methoxy groups -OCH3 is 3. The van der Waals surface area contributed by atoms with Crippen molar-refractivity contribution in [3.8, 4) is 22.1 Å². The molecule has 0 aliphatic carbocycles. The van der Waals surface area contributed by atoms with Crippen molar-refractivity contribution in [3.05, 3.63) is 52.5 Å². The van der Waals surface area contributed by atoms with Crippen LogP contribution in [0.3, 0.4) is 0 Å². The van der Waals surface area contributed by atoms with Gasteiger partial charge in [0.05, 0.1) is 26.4 Å². The van der Waals surface area contributed by atoms with Gasteiger partial charge < -0.3 is 24.4 Å². The summed E-state index contributed by atoms with van der Waals surface area (Å²) < 4.78 is 16.6. The number of hydrogen-bond acceptors (Lipinski definition) is 8. The minimum absolute atomic E-state index is 0.0831. The van der Waals surface area contributed by atoms with E-state index in [0.29, 0.717) is 40.4 Å². The molecular formula is C23H25BrN4O5S. The van der Waals surface area contributed by atoms with E-state index in [1.54, 1.807) is 37.3 Å². The molecule has 0 unspecified atom stereocenters. The maximum absolute atomic E-state index is 13.2. The molecule has 0 saturated carbocycles. The standard InChI is InChI=1S/C23H25BrN4O5S/c1-31-12-11-28(22(30)18-8-7-17(32-2)14-19(18)33-3)10-9-20(29)25-23-27-26-21(34-23)15-5-4-6-16(24)13-15/h4-8,13-14H,9-12H2,1-3H3,(H,25,27,29). The van der Waals surface area contributed by atoms with Gasteiger partial charge in [0.25, 0.3) is 5.91 Å². The zero-order valence-corrected chi connectivity index (χ0v) is 21.4. The highest BCUT2D eigenvalue weighted by molar-refractivity contribution is 9.10. The van der Waals surface area contributed by atoms with E-state index in [1.807, 2.05) is 24.3 Å². The average Bonchev–Trinajstić information content (AvgIpc) is 3.31. The summed E-state index contributed by atoms with van der Waals surface area (Å²) in [4.78, 5) is 27.3. The minimum Gasteiger partial charge on any atom is -0.497 e. The molecule has 0 saturated heterocycles. The summed E-state index contributed by atoms with van der Waals surface area (Å²) >= 11 is 4.71. The molecule has 34 heavy (non-hydrogen) atoms. The Morgan fingerprint density at radius 2 is 1.88 bits per heavy atom. The van der Waals surface area contributed by atoms with Crippen LogP contribution < -0.4 is 14.8 Å². The number of nitrogens with zero attached hydrogens (tertiary/aromatic N) is 3. The first-order valence-electron chi connectivity index (χ1n) is 10.3. The van der Waals surface area contributed by atoms with Crippen molar-refractivity contribution in [2.45, 2.75) is 6.42 Å². The Balaban J connectivity index is 1.65. The van der Waals surface area contributed by atoms with Gasteiger partial charge >= 0.3 is 0 Å². The third kappa shape index (κ3) is 6.75. The van der Waals surface area contributed by atoms with Crippen LogP contribution in [0.25, 0.3) is 10.6 Å². The van der Waals surface area contributed by atoms with Gasteiger partial charge in [-0.15, -0.1) is 10.2 Å². The molecule has 0 aliphatic heterocycles. The summed E-state index contributed by atoms with van der Waals surface area (Å²) in [6.07, 6.45) is 0.0831. The van der Waals surface area contributed by atoms with Gasteiger partial charge in [0.1, 0.15) is 16.5 Å². The predicted molar refractivity (Wildman–Crippen MR) is 134 cm³/mol. The van der Waals surface area contributed by atoms with Gasteiger partial charge in [-0.1, -0.05) is 39.4 Å². The van der Waals surface area contributed by atoms with Crippen LogP contribution in [0.5, 0.6) is 11.5 Å². The maximum Gasteiger partial charge on any atom is 0.257 e. The van der Waals surface area contributed by atoms with Crippen molar-refractivity contribution in [1.29, 1.82) is 0 Å². The third-order valence-corrected chi connectivity index (χ3v) is 6.22. The molecule has 2 aromatic carbocycles. The lowest BCUT2D eigenvalue weighted by Gasteiger charge is -2.23. The van der Waals surface area contributed by atoms with Crippen molar-refractivity contribution < 1.29 is 23.8 Å². The monoisotopic (exact) mass is 548 g/mol. The van der Waals surface area contributed by atoms with Crippen molar-refractivity contribution >= 4 is 44.2 Å². The molecule has 11 heteroatoms. The van der Waals surface area contributed by atoms with Gasteiger partial charge in [0, 0.05) is 42.7 Å². The molecule has 0 radical (unpaired) electrons. The molecule has 3 rings (SSSR count). The van der Waals surface area contributed by atoms with E-state index in [4.69, 9.17) is 14.2 Å². The molecular weight excluding hydrogens is 524 g/mol. The molecule has 1 aromatic heterocycles. The largest absolute Gasteiger partial charge is 0.497 e. The van der Waals surface area contributed by atoms with Crippen molar-refractivity contribution in [3.63, 3.8) is 0 Å². The van der Waals surface area contributed by atoms with Crippen molar-refractivity contribution in [1.82, 2.24) is 15.1 Å². The zero-order chi connectivity index (χ0) is 24.5. The van der Waals surface area contributed by atoms with Gasteiger partial charge in [-0.25, -0.2) is 0 Å². The Bertz CT molecular complexity index is 1140. The molecule has 2 amide bonds. The number of halogens is 1. The molecule has 180 valence electrons. The molecule has 0 bridgehead atoms. The number of benzene rings is 2. The summed E-state index contributed by atoms with van der Waals surface area (Å²) in [5, 5.41) is 12.0. The van der Waals surface area contributed by atoms with Crippen LogP contribution in [-0.2, 0) is 9.53 Å². The number of aromatic nitrogens is 2. The summed E-state index contributed by atoms with van der Waals surface area (Å²) in [7, 11) is 4.59. The quantitative estimate of drug-likeness (QED) is 0.384. The fraction of sp³-hybridized carbons (Fsp3) is 0.304. The van der Waals surface area contributed by atoms with Crippen molar-refractivity contribution in [2.75, 3.05) is 46.3 Å². The molecule has 0 spiro atoms. The van der Waals surface area contributed by atoms with E-state index in [0.717, 1.165) is 10.0 Å². The van der Waals surface area contributed by atoms with Crippen molar-refractivity contribution in [2.24, 2.45) is 0 Å². The first-order chi connectivity index (χ1) is 16.4. The second kappa shape index (κ2) is 12.4. The van der Waals surface area contributed by atoms with Gasteiger partial charge in [-0.3, -0.25) is 9.59 Å². The minimum atomic E-state index is -0.270. The lowest BCUT2D eigenvalue weighted by Crippen LogP contribution is -2.36. The zero-order valence-electron chi connectivity index (χ0n) is 19.0. The van der Waals surface area contributed by atoms with Gasteiger partial charge in [0.2, 0.25) is 11.0 Å². The highest BCUT2D eigenvalue weighted by atomic mass is 79.9. The molecule has 9 nitrogen and oxygen atoms in total. The second-order valence-corrected chi connectivity index (χ2v) is 8.97. The molecule has 1 N–H and O–H groups in total. The van der Waals surface area contributed by atoms with Gasteiger partial charge in [-0.2, -0.15) is 0 Å². The molecule has 0 atom stereocenters. The number of nitrogens with one attached hydrogen (secondary N) is 1. The van der Waals surface area contributed by atoms with E-state index < -0.39 is 0 Å². The SMILES string of the molecule is COCCN(CCC(=O)Nc1nnc(-c2cccc(Br)c2)s1)C(=O)c1ccc(OC)cc1OC. The van der Waals surface area contributed by atoms with Gasteiger partial charge in [-0.05, 0) is 24.3 Å². The van der Waals surface area contributed by atoms with Crippen LogP contribution in [-0.4, -0.2) is 67.9 Å². The van der Waals surface area contributed by atoms with Crippen LogP contribution in [0.4, 0.5) is 5.13 Å². The summed E-state index contributed by atoms with van der Waals surface area (Å²) in [6, 6.07) is 12.7. The summed E-state index contributed by atoms with van der Waals surface area (Å²) in [5.41, 5.74) is 1.28. The first kappa shape index (κ1) is 25.6. The Hall–Kier alpha value is -3.02. The normalized spacial score (nSPS) is 10.6. The number of hydrogen-bond donors (Lipinski definition) is 1. The predicted octanol–water partition coefficient (Wildman–Crippen LogP) is 4.10. The number of ether oxygens (including phenoxy) is 3. The smallest absolute Gasteiger partial charge is 0.257 e. The number of anilines is 1. The number of rotatable bonds is 11. The Morgan fingerprint density at radius 1 is 1.06 bits per heavy atom. The van der Waals surface area contributed by atoms with Gasteiger partial charge in [0.15, 0.2) is 0 Å². The molecule has 1 heterocycles. The van der Waals surface area contributed by atoms with Crippen LogP contribution in [0, 0.1) is 0 Å². The summed E-state index contributed by atoms with van der Waals surface area (Å²) in [6.45, 7) is 0.850. The van der Waals surface area contributed by atoms with Crippen LogP contribution >= 0.6 is 27.3 Å². The second-order valence-electron chi connectivity index (χ2n) is 7.07. The van der Waals surface area contributed by atoms with E-state index in [2.05, 4.69) is 31.4 Å². The Kier molecular flexibility index (Phi) is 9.37. The number of amides is 2. The third-order valence-electron chi connectivity index (χ3n) is 4.84. The number of carbonyl (C=O) groups is 2. The van der Waals surface area contributed by atoms with E-state index in [1.165, 1.54) is 18.4 Å². The fourth-order valence-electron chi connectivity index (χ4n) is 3.09. The Morgan fingerprint density at radius 3 is 2.59 bits per heavy atom. The lowest BCUT2D eigenvalue weighted by atomic mass is 10.1. The fourth-order valence-corrected chi connectivity index (χ4v) is 4.25. The average molecular weight is 549 g/mol. The van der Waals surface area contributed by atoms with Crippen LogP contribution in [0.1, 0.15) is 16.8 Å². The number of carbonyl (C=O) groups excluding carboxylic acids is 2. The first-order valence-corrected chi connectivity index (χ1v) is 12.0. The maximum atomic E-state index is 13.2. The molecule has 3 aromatic rings. The highest BCUT2D eigenvalue weighted by Gasteiger charge is 2.21. The van der Waals surface area contributed by atoms with E-state index >= 15 is 0 Å². The highest BCUT2D eigenvalue weighted by Crippen LogP contribution is 2.28. The topological polar surface area (TPSA) is 103 Å². The Labute approximate surface area is 210 Å². The summed E-state index contributed by atoms with van der Waals surface area (Å²) in [5.74, 6) is 0.437. The van der Waals surface area contributed by atoms with Crippen LogP contribution in [0.2, 0.25) is 0 Å². The molecule has 0 aliphatic rings. The van der Waals surface area contributed by atoms with E-state index in [9.17, 15) is 9.59 Å². The lowest BCUT2D eigenvalue weighted by molar-refractivity contribution is -0.116. The van der Waals surface area contributed by atoms with Crippen LogP contribution in [0.15, 0.2) is 46.9 Å². The molecule has 0 fully saturated rings. The van der Waals surface area contributed by atoms with E-state index in [-0.39, 0.29) is 24.8 Å².